The molecule has 2 aromatic rings. The number of benzene rings is 2. The fourth-order valence-electron chi connectivity index (χ4n) is 2.02. The second-order valence-corrected chi connectivity index (χ2v) is 5.20. The standard InChI is InChI=1S/C17H17ClO/c1-13-7-9-15(17(18)11-13)12-16(19)10-8-14-5-3-2-4-6-14/h2-7,9,11H,8,10,12H2,1H3. The number of Topliss-reactive ketones (excluding diaryl/α,β-unsaturated/α-hetero) is 1. The first kappa shape index (κ1) is 13.8. The Morgan fingerprint density at radius 1 is 1.11 bits per heavy atom. The van der Waals surface area contributed by atoms with Crippen molar-refractivity contribution in [2.45, 2.75) is 26.2 Å². The van der Waals surface area contributed by atoms with Crippen molar-refractivity contribution >= 4 is 17.4 Å². The van der Waals surface area contributed by atoms with Crippen LogP contribution >= 0.6 is 11.6 Å². The van der Waals surface area contributed by atoms with Crippen LogP contribution in [-0.4, -0.2) is 5.78 Å². The van der Waals surface area contributed by atoms with Gasteiger partial charge in [-0.1, -0.05) is 54.1 Å². The molecule has 0 radical (unpaired) electrons. The van der Waals surface area contributed by atoms with Gasteiger partial charge < -0.3 is 0 Å². The molecule has 2 aromatic carbocycles. The predicted octanol–water partition coefficient (Wildman–Crippen LogP) is 4.39. The van der Waals surface area contributed by atoms with Crippen LogP contribution in [0.4, 0.5) is 0 Å². The number of aryl methyl sites for hydroxylation is 2. The average molecular weight is 273 g/mol. The molecule has 1 nitrogen and oxygen atoms in total. The van der Waals surface area contributed by atoms with E-state index in [1.54, 1.807) is 0 Å². The second kappa shape index (κ2) is 6.53. The lowest BCUT2D eigenvalue weighted by atomic mass is 10.0. The summed E-state index contributed by atoms with van der Waals surface area (Å²) in [4.78, 5) is 12.0. The molecule has 2 rings (SSSR count). The van der Waals surface area contributed by atoms with E-state index in [2.05, 4.69) is 0 Å². The Hall–Kier alpha value is -1.60. The maximum atomic E-state index is 12.0. The van der Waals surface area contributed by atoms with Crippen LogP contribution in [0.5, 0.6) is 0 Å². The minimum Gasteiger partial charge on any atom is -0.299 e. The molecule has 0 saturated carbocycles. The third-order valence-corrected chi connectivity index (χ3v) is 3.48. The van der Waals surface area contributed by atoms with E-state index < -0.39 is 0 Å². The molecular weight excluding hydrogens is 256 g/mol. The quantitative estimate of drug-likeness (QED) is 0.789. The van der Waals surface area contributed by atoms with Crippen molar-refractivity contribution in [1.29, 1.82) is 0 Å². The van der Waals surface area contributed by atoms with E-state index in [0.29, 0.717) is 17.9 Å². The van der Waals surface area contributed by atoms with Gasteiger partial charge in [0.15, 0.2) is 0 Å². The van der Waals surface area contributed by atoms with Gasteiger partial charge in [-0.25, -0.2) is 0 Å². The third-order valence-electron chi connectivity index (χ3n) is 3.13. The Kier molecular flexibility index (Phi) is 4.75. The van der Waals surface area contributed by atoms with Gasteiger partial charge >= 0.3 is 0 Å². The zero-order chi connectivity index (χ0) is 13.7. The van der Waals surface area contributed by atoms with Crippen molar-refractivity contribution in [2.75, 3.05) is 0 Å². The van der Waals surface area contributed by atoms with Gasteiger partial charge in [0.25, 0.3) is 0 Å². The van der Waals surface area contributed by atoms with Crippen LogP contribution in [0.15, 0.2) is 48.5 Å². The lowest BCUT2D eigenvalue weighted by Gasteiger charge is -2.05. The number of carbonyl (C=O) groups excluding carboxylic acids is 1. The fourth-order valence-corrected chi connectivity index (χ4v) is 2.33. The summed E-state index contributed by atoms with van der Waals surface area (Å²) in [6.45, 7) is 1.99. The summed E-state index contributed by atoms with van der Waals surface area (Å²) in [5.41, 5.74) is 3.24. The Balaban J connectivity index is 1.91. The second-order valence-electron chi connectivity index (χ2n) is 4.80. The lowest BCUT2D eigenvalue weighted by molar-refractivity contribution is -0.118. The van der Waals surface area contributed by atoms with E-state index in [-0.39, 0.29) is 5.78 Å². The molecule has 2 heteroatoms. The molecule has 0 N–H and O–H groups in total. The molecule has 19 heavy (non-hydrogen) atoms. The SMILES string of the molecule is Cc1ccc(CC(=O)CCc2ccccc2)c(Cl)c1. The summed E-state index contributed by atoms with van der Waals surface area (Å²) in [7, 11) is 0. The zero-order valence-electron chi connectivity index (χ0n) is 11.0. The topological polar surface area (TPSA) is 17.1 Å². The first-order valence-corrected chi connectivity index (χ1v) is 6.83. The number of carbonyl (C=O) groups is 1. The van der Waals surface area contributed by atoms with Crippen molar-refractivity contribution in [1.82, 2.24) is 0 Å². The largest absolute Gasteiger partial charge is 0.299 e. The molecule has 0 aliphatic rings. The molecule has 0 amide bonds. The molecule has 0 aliphatic carbocycles. The van der Waals surface area contributed by atoms with Crippen LogP contribution in [-0.2, 0) is 17.6 Å². The van der Waals surface area contributed by atoms with Crippen LogP contribution in [0.25, 0.3) is 0 Å². The van der Waals surface area contributed by atoms with Crippen LogP contribution in [0, 0.1) is 6.92 Å². The van der Waals surface area contributed by atoms with Crippen molar-refractivity contribution < 1.29 is 4.79 Å². The number of ketones is 1. The molecule has 0 unspecified atom stereocenters. The summed E-state index contributed by atoms with van der Waals surface area (Å²) in [6, 6.07) is 15.9. The van der Waals surface area contributed by atoms with Gasteiger partial charge in [0.05, 0.1) is 0 Å². The van der Waals surface area contributed by atoms with Gasteiger partial charge in [-0.2, -0.15) is 0 Å². The van der Waals surface area contributed by atoms with Crippen LogP contribution in [0.3, 0.4) is 0 Å². The molecule has 0 saturated heterocycles. The average Bonchev–Trinajstić information content (AvgIpc) is 2.41. The number of rotatable bonds is 5. The molecule has 0 bridgehead atoms. The van der Waals surface area contributed by atoms with Crippen molar-refractivity contribution in [3.63, 3.8) is 0 Å². The Morgan fingerprint density at radius 3 is 2.53 bits per heavy atom. The van der Waals surface area contributed by atoms with Crippen molar-refractivity contribution in [3.05, 3.63) is 70.2 Å². The monoisotopic (exact) mass is 272 g/mol. The molecule has 0 atom stereocenters. The normalized spacial score (nSPS) is 10.4. The Labute approximate surface area is 119 Å². The highest BCUT2D eigenvalue weighted by Gasteiger charge is 2.07. The van der Waals surface area contributed by atoms with E-state index in [0.717, 1.165) is 17.5 Å². The lowest BCUT2D eigenvalue weighted by Crippen LogP contribution is -2.05. The first-order chi connectivity index (χ1) is 9.15. The van der Waals surface area contributed by atoms with E-state index >= 15 is 0 Å². The van der Waals surface area contributed by atoms with Gasteiger partial charge in [0.2, 0.25) is 0 Å². The highest BCUT2D eigenvalue weighted by atomic mass is 35.5. The molecule has 0 heterocycles. The van der Waals surface area contributed by atoms with E-state index in [9.17, 15) is 4.79 Å². The highest BCUT2D eigenvalue weighted by molar-refractivity contribution is 6.31. The smallest absolute Gasteiger partial charge is 0.137 e. The maximum Gasteiger partial charge on any atom is 0.137 e. The van der Waals surface area contributed by atoms with Crippen LogP contribution in [0.1, 0.15) is 23.1 Å². The van der Waals surface area contributed by atoms with Crippen molar-refractivity contribution in [2.24, 2.45) is 0 Å². The zero-order valence-corrected chi connectivity index (χ0v) is 11.8. The fraction of sp³-hybridized carbons (Fsp3) is 0.235. The molecule has 98 valence electrons. The summed E-state index contributed by atoms with van der Waals surface area (Å²) in [6.07, 6.45) is 1.78. The van der Waals surface area contributed by atoms with Gasteiger partial charge in [0.1, 0.15) is 5.78 Å². The Bertz CT molecular complexity index is 561. The third kappa shape index (κ3) is 4.22. The Morgan fingerprint density at radius 2 is 1.84 bits per heavy atom. The molecule has 0 aromatic heterocycles. The van der Waals surface area contributed by atoms with Gasteiger partial charge in [-0.15, -0.1) is 0 Å². The van der Waals surface area contributed by atoms with Gasteiger partial charge in [-0.3, -0.25) is 4.79 Å². The molecular formula is C17H17ClO. The minimum absolute atomic E-state index is 0.231. The summed E-state index contributed by atoms with van der Waals surface area (Å²) < 4.78 is 0. The van der Waals surface area contributed by atoms with Crippen LogP contribution < -0.4 is 0 Å². The predicted molar refractivity (Wildman–Crippen MR) is 79.7 cm³/mol. The van der Waals surface area contributed by atoms with Crippen molar-refractivity contribution in [3.8, 4) is 0 Å². The molecule has 0 fully saturated rings. The summed E-state index contributed by atoms with van der Waals surface area (Å²) in [5.74, 6) is 0.231. The summed E-state index contributed by atoms with van der Waals surface area (Å²) in [5, 5.41) is 0.688. The molecule has 0 aliphatic heterocycles. The molecule has 0 spiro atoms. The van der Waals surface area contributed by atoms with E-state index in [4.69, 9.17) is 11.6 Å². The maximum absolute atomic E-state index is 12.0. The number of hydrogen-bond acceptors (Lipinski definition) is 1. The first-order valence-electron chi connectivity index (χ1n) is 6.46. The summed E-state index contributed by atoms with van der Waals surface area (Å²) >= 11 is 6.14. The van der Waals surface area contributed by atoms with E-state index in [1.165, 1.54) is 5.56 Å². The van der Waals surface area contributed by atoms with Gasteiger partial charge in [-0.05, 0) is 36.1 Å². The highest BCUT2D eigenvalue weighted by Crippen LogP contribution is 2.19. The van der Waals surface area contributed by atoms with E-state index in [1.807, 2.05) is 55.5 Å². The number of halogens is 1. The van der Waals surface area contributed by atoms with Gasteiger partial charge in [0, 0.05) is 17.9 Å². The van der Waals surface area contributed by atoms with Crippen LogP contribution in [0.2, 0.25) is 5.02 Å². The minimum atomic E-state index is 0.231. The number of hydrogen-bond donors (Lipinski definition) is 0.